The van der Waals surface area contributed by atoms with E-state index < -0.39 is 15.4 Å². The molecule has 0 saturated carbocycles. The van der Waals surface area contributed by atoms with Crippen molar-refractivity contribution in [1.82, 2.24) is 9.78 Å². The quantitative estimate of drug-likeness (QED) is 0.375. The van der Waals surface area contributed by atoms with Crippen molar-refractivity contribution in [2.75, 3.05) is 6.26 Å². The van der Waals surface area contributed by atoms with E-state index in [4.69, 9.17) is 16.7 Å². The highest BCUT2D eigenvalue weighted by Crippen LogP contribution is 2.44. The van der Waals surface area contributed by atoms with Gasteiger partial charge in [-0.2, -0.15) is 5.10 Å². The molecule has 0 saturated heterocycles. The smallest absolute Gasteiger partial charge is 0.175 e. The molecule has 4 aromatic rings. The van der Waals surface area contributed by atoms with Gasteiger partial charge >= 0.3 is 0 Å². The van der Waals surface area contributed by atoms with E-state index in [0.29, 0.717) is 17.1 Å². The van der Waals surface area contributed by atoms with Crippen LogP contribution in [0.4, 0.5) is 0 Å². The standard InChI is InChI=1S/C26H23ClN2O3S/c1-26(2,30)25-21-15-18-12-11-17(16-7-6-8-19(13-16)33(3,31)32)14-20(18)24(21)29(28-25)23-10-5-4-9-22(23)27/h4-14,30H,15H2,1-3H3. The first-order chi connectivity index (χ1) is 15.5. The lowest BCUT2D eigenvalue weighted by Gasteiger charge is -2.16. The molecule has 0 amide bonds. The molecular formula is C26H23ClN2O3S. The van der Waals surface area contributed by atoms with E-state index in [1.54, 1.807) is 32.0 Å². The number of sulfone groups is 1. The predicted octanol–water partition coefficient (Wildman–Crippen LogP) is 5.39. The van der Waals surface area contributed by atoms with E-state index in [2.05, 4.69) is 12.1 Å². The molecule has 0 aliphatic heterocycles. The van der Waals surface area contributed by atoms with Crippen molar-refractivity contribution in [2.45, 2.75) is 30.8 Å². The molecule has 1 aromatic heterocycles. The molecule has 0 bridgehead atoms. The van der Waals surface area contributed by atoms with E-state index in [1.165, 1.54) is 6.26 Å². The van der Waals surface area contributed by atoms with Crippen molar-refractivity contribution < 1.29 is 13.5 Å². The Bertz CT molecular complexity index is 1520. The van der Waals surface area contributed by atoms with Gasteiger partial charge in [-0.3, -0.25) is 0 Å². The fourth-order valence-corrected chi connectivity index (χ4v) is 5.29. The van der Waals surface area contributed by atoms with E-state index in [0.717, 1.165) is 39.2 Å². The second-order valence-corrected chi connectivity index (χ2v) is 11.4. The molecule has 1 N–H and O–H groups in total. The number of fused-ring (bicyclic) bond motifs is 3. The summed E-state index contributed by atoms with van der Waals surface area (Å²) in [7, 11) is -3.31. The van der Waals surface area contributed by atoms with Crippen molar-refractivity contribution in [2.24, 2.45) is 0 Å². The van der Waals surface area contributed by atoms with Gasteiger partial charge in [0.05, 0.1) is 27.0 Å². The van der Waals surface area contributed by atoms with Crippen LogP contribution in [0.15, 0.2) is 71.6 Å². The zero-order chi connectivity index (χ0) is 23.5. The summed E-state index contributed by atoms with van der Waals surface area (Å²) in [5.41, 5.74) is 5.95. The molecule has 1 aliphatic carbocycles. The maximum Gasteiger partial charge on any atom is 0.175 e. The van der Waals surface area contributed by atoms with Gasteiger partial charge in [0, 0.05) is 23.8 Å². The van der Waals surface area contributed by atoms with Gasteiger partial charge < -0.3 is 5.11 Å². The summed E-state index contributed by atoms with van der Waals surface area (Å²) >= 11 is 6.52. The van der Waals surface area contributed by atoms with Crippen LogP contribution in [0.2, 0.25) is 5.02 Å². The first-order valence-electron chi connectivity index (χ1n) is 10.6. The Morgan fingerprint density at radius 3 is 2.42 bits per heavy atom. The van der Waals surface area contributed by atoms with Crippen LogP contribution in [-0.2, 0) is 21.9 Å². The molecule has 3 aromatic carbocycles. The molecule has 168 valence electrons. The Kier molecular flexibility index (Phi) is 5.01. The lowest BCUT2D eigenvalue weighted by Crippen LogP contribution is -2.18. The van der Waals surface area contributed by atoms with Crippen molar-refractivity contribution in [1.29, 1.82) is 0 Å². The molecule has 0 unspecified atom stereocenters. The normalized spacial score (nSPS) is 13.1. The van der Waals surface area contributed by atoms with Crippen molar-refractivity contribution in [3.8, 4) is 28.1 Å². The zero-order valence-electron chi connectivity index (χ0n) is 18.5. The Morgan fingerprint density at radius 1 is 1.00 bits per heavy atom. The minimum absolute atomic E-state index is 0.284. The van der Waals surface area contributed by atoms with Crippen LogP contribution < -0.4 is 0 Å². The maximum absolute atomic E-state index is 12.0. The summed E-state index contributed by atoms with van der Waals surface area (Å²) in [4.78, 5) is 0.284. The SMILES string of the molecule is CC(C)(O)c1nn(-c2ccccc2Cl)c2c1Cc1ccc(-c3cccc(S(C)(=O)=O)c3)cc1-2. The number of rotatable bonds is 4. The van der Waals surface area contributed by atoms with Crippen LogP contribution in [0.5, 0.6) is 0 Å². The van der Waals surface area contributed by atoms with Crippen LogP contribution in [0.25, 0.3) is 28.1 Å². The predicted molar refractivity (Wildman–Crippen MR) is 131 cm³/mol. The first kappa shape index (κ1) is 21.9. The highest BCUT2D eigenvalue weighted by atomic mass is 35.5. The number of para-hydroxylation sites is 1. The Hall–Kier alpha value is -2.93. The van der Waals surface area contributed by atoms with Crippen LogP contribution in [0, 0.1) is 0 Å². The number of nitrogens with zero attached hydrogens (tertiary/aromatic N) is 2. The van der Waals surface area contributed by atoms with Crippen molar-refractivity contribution in [3.63, 3.8) is 0 Å². The molecule has 0 spiro atoms. The van der Waals surface area contributed by atoms with Crippen LogP contribution in [0.3, 0.4) is 0 Å². The summed E-state index contributed by atoms with van der Waals surface area (Å²) in [6.07, 6.45) is 1.86. The van der Waals surface area contributed by atoms with Crippen LogP contribution >= 0.6 is 11.6 Å². The van der Waals surface area contributed by atoms with Gasteiger partial charge in [0.1, 0.15) is 5.60 Å². The molecule has 5 rings (SSSR count). The molecule has 7 heteroatoms. The molecule has 33 heavy (non-hydrogen) atoms. The lowest BCUT2D eigenvalue weighted by atomic mass is 9.99. The second-order valence-electron chi connectivity index (χ2n) is 8.95. The third-order valence-corrected chi connectivity index (χ3v) is 7.40. The fourth-order valence-electron chi connectivity index (χ4n) is 4.41. The zero-order valence-corrected chi connectivity index (χ0v) is 20.1. The number of hydrogen-bond donors (Lipinski definition) is 1. The van der Waals surface area contributed by atoms with Crippen molar-refractivity contribution in [3.05, 3.63) is 88.6 Å². The van der Waals surface area contributed by atoms with Gasteiger partial charge in [-0.05, 0) is 60.9 Å². The maximum atomic E-state index is 12.0. The van der Waals surface area contributed by atoms with Gasteiger partial charge in [-0.25, -0.2) is 13.1 Å². The number of hydrogen-bond acceptors (Lipinski definition) is 4. The van der Waals surface area contributed by atoms with Gasteiger partial charge in [0.15, 0.2) is 9.84 Å². The van der Waals surface area contributed by atoms with Gasteiger partial charge in [-0.1, -0.05) is 48.0 Å². The molecule has 0 radical (unpaired) electrons. The molecular weight excluding hydrogens is 456 g/mol. The van der Waals surface area contributed by atoms with Gasteiger partial charge in [0.2, 0.25) is 0 Å². The highest BCUT2D eigenvalue weighted by Gasteiger charge is 2.34. The van der Waals surface area contributed by atoms with Gasteiger partial charge in [0.25, 0.3) is 0 Å². The number of benzene rings is 3. The lowest BCUT2D eigenvalue weighted by molar-refractivity contribution is 0.0726. The summed E-state index contributed by atoms with van der Waals surface area (Å²) < 4.78 is 25.9. The number of aliphatic hydroxyl groups is 1. The fraction of sp³-hybridized carbons (Fsp3) is 0.192. The Morgan fingerprint density at radius 2 is 1.73 bits per heavy atom. The average molecular weight is 479 g/mol. The monoisotopic (exact) mass is 478 g/mol. The van der Waals surface area contributed by atoms with E-state index in [9.17, 15) is 13.5 Å². The highest BCUT2D eigenvalue weighted by molar-refractivity contribution is 7.90. The molecule has 0 fully saturated rings. The Balaban J connectivity index is 1.73. The third kappa shape index (κ3) is 3.78. The molecule has 0 atom stereocenters. The minimum Gasteiger partial charge on any atom is -0.384 e. The molecule has 5 nitrogen and oxygen atoms in total. The summed E-state index contributed by atoms with van der Waals surface area (Å²) in [6.45, 7) is 3.47. The summed E-state index contributed by atoms with van der Waals surface area (Å²) in [5.74, 6) is 0. The van der Waals surface area contributed by atoms with E-state index in [-0.39, 0.29) is 4.90 Å². The van der Waals surface area contributed by atoms with E-state index in [1.807, 2.05) is 41.1 Å². The largest absolute Gasteiger partial charge is 0.384 e. The van der Waals surface area contributed by atoms with Crippen LogP contribution in [0.1, 0.15) is 30.7 Å². The Labute approximate surface area is 198 Å². The molecule has 1 aliphatic rings. The molecule has 1 heterocycles. The van der Waals surface area contributed by atoms with Crippen molar-refractivity contribution >= 4 is 21.4 Å². The minimum atomic E-state index is -3.31. The third-order valence-electron chi connectivity index (χ3n) is 5.97. The second kappa shape index (κ2) is 7.55. The van der Waals surface area contributed by atoms with Gasteiger partial charge in [-0.15, -0.1) is 0 Å². The number of halogens is 1. The first-order valence-corrected chi connectivity index (χ1v) is 12.8. The summed E-state index contributed by atoms with van der Waals surface area (Å²) in [6, 6.07) is 20.6. The van der Waals surface area contributed by atoms with Crippen LogP contribution in [-0.4, -0.2) is 29.6 Å². The topological polar surface area (TPSA) is 72.2 Å². The van der Waals surface area contributed by atoms with E-state index >= 15 is 0 Å². The number of aromatic nitrogens is 2. The summed E-state index contributed by atoms with van der Waals surface area (Å²) in [5, 5.41) is 16.2. The average Bonchev–Trinajstić information content (AvgIpc) is 3.30.